The number of carboxylic acids is 1. The van der Waals surface area contributed by atoms with E-state index in [9.17, 15) is 14.7 Å². The van der Waals surface area contributed by atoms with E-state index in [0.29, 0.717) is 5.76 Å². The molecule has 1 aliphatic rings. The Kier molecular flexibility index (Phi) is 3.78. The van der Waals surface area contributed by atoms with E-state index in [-0.39, 0.29) is 11.6 Å². The molecule has 1 saturated heterocycles. The van der Waals surface area contributed by atoms with Gasteiger partial charge in [-0.05, 0) is 12.1 Å². The van der Waals surface area contributed by atoms with Crippen LogP contribution in [0.5, 0.6) is 0 Å². The second kappa shape index (κ2) is 5.50. The maximum atomic E-state index is 11.3. The summed E-state index contributed by atoms with van der Waals surface area (Å²) < 4.78 is 4.99. The second-order valence-corrected chi connectivity index (χ2v) is 4.53. The van der Waals surface area contributed by atoms with Gasteiger partial charge >= 0.3 is 0 Å². The lowest BCUT2D eigenvalue weighted by Crippen LogP contribution is -2.31. The number of carbonyl (C=O) groups excluding carboxylic acids is 2. The molecule has 2 rings (SSSR count). The number of carbonyl (C=O) groups is 2. The van der Waals surface area contributed by atoms with Gasteiger partial charge in [0.1, 0.15) is 5.76 Å². The van der Waals surface area contributed by atoms with Crippen molar-refractivity contribution >= 4 is 35.0 Å². The largest absolute Gasteiger partial charge is 0.550 e. The molecule has 0 radical (unpaired) electrons. The lowest BCUT2D eigenvalue weighted by Gasteiger charge is -2.04. The summed E-state index contributed by atoms with van der Waals surface area (Å²) in [6.45, 7) is 0. The maximum absolute atomic E-state index is 11.3. The Bertz CT molecular complexity index is 509. The number of nitrogens with one attached hydrogen (secondary N) is 1. The van der Waals surface area contributed by atoms with E-state index in [1.807, 2.05) is 0 Å². The first-order valence-electron chi connectivity index (χ1n) is 4.97. The zero-order chi connectivity index (χ0) is 13.0. The molecule has 8 heteroatoms. The summed E-state index contributed by atoms with van der Waals surface area (Å²) >= 11 is 1.01. The zero-order valence-electron chi connectivity index (χ0n) is 9.03. The smallest absolute Gasteiger partial charge is 0.239 e. The number of hydrogen-bond donors (Lipinski definition) is 1. The molecule has 1 amide bonds. The predicted molar refractivity (Wildman–Crippen MR) is 62.9 cm³/mol. The van der Waals surface area contributed by atoms with Crippen LogP contribution in [0.15, 0.2) is 33.0 Å². The molecule has 1 aromatic rings. The monoisotopic (exact) mass is 266 g/mol. The van der Waals surface area contributed by atoms with Gasteiger partial charge in [-0.25, -0.2) is 0 Å². The van der Waals surface area contributed by atoms with Crippen LogP contribution < -0.4 is 10.4 Å². The Labute approximate surface area is 106 Å². The van der Waals surface area contributed by atoms with Crippen molar-refractivity contribution in [1.82, 2.24) is 5.32 Å². The molecule has 7 nitrogen and oxygen atoms in total. The van der Waals surface area contributed by atoms with Crippen LogP contribution in [0.2, 0.25) is 0 Å². The average molecular weight is 266 g/mol. The highest BCUT2D eigenvalue weighted by molar-refractivity contribution is 8.15. The minimum absolute atomic E-state index is 0.258. The molecule has 2 heterocycles. The Morgan fingerprint density at radius 1 is 1.67 bits per heavy atom. The molecule has 1 fully saturated rings. The third-order valence-corrected chi connectivity index (χ3v) is 3.08. The van der Waals surface area contributed by atoms with E-state index in [4.69, 9.17) is 4.42 Å². The molecule has 1 aromatic heterocycles. The number of hydrogen-bond acceptors (Lipinski definition) is 7. The predicted octanol–water partition coefficient (Wildman–Crippen LogP) is -0.659. The summed E-state index contributed by atoms with van der Waals surface area (Å²) in [7, 11) is 0. The number of aliphatic carboxylic acids is 1. The molecule has 0 bridgehead atoms. The molecule has 0 saturated carbocycles. The van der Waals surface area contributed by atoms with Crippen molar-refractivity contribution in [2.45, 2.75) is 11.7 Å². The first-order chi connectivity index (χ1) is 8.65. The van der Waals surface area contributed by atoms with Crippen molar-refractivity contribution < 1.29 is 19.1 Å². The normalized spacial score (nSPS) is 21.7. The van der Waals surface area contributed by atoms with Crippen molar-refractivity contribution in [3.05, 3.63) is 24.2 Å². The van der Waals surface area contributed by atoms with Gasteiger partial charge in [0.2, 0.25) is 5.91 Å². The maximum Gasteiger partial charge on any atom is 0.239 e. The lowest BCUT2D eigenvalue weighted by molar-refractivity contribution is -0.305. The minimum Gasteiger partial charge on any atom is -0.550 e. The third-order valence-electron chi connectivity index (χ3n) is 2.01. The van der Waals surface area contributed by atoms with Gasteiger partial charge in [0, 0.05) is 12.4 Å². The van der Waals surface area contributed by atoms with E-state index < -0.39 is 17.1 Å². The van der Waals surface area contributed by atoms with Crippen molar-refractivity contribution in [3.63, 3.8) is 0 Å². The Hall–Kier alpha value is -2.09. The van der Waals surface area contributed by atoms with Crippen LogP contribution >= 0.6 is 11.8 Å². The van der Waals surface area contributed by atoms with Crippen LogP contribution in [0.1, 0.15) is 12.2 Å². The quantitative estimate of drug-likeness (QED) is 0.575. The fourth-order valence-corrected chi connectivity index (χ4v) is 2.15. The van der Waals surface area contributed by atoms with Gasteiger partial charge < -0.3 is 19.6 Å². The van der Waals surface area contributed by atoms with Crippen molar-refractivity contribution in [2.24, 2.45) is 10.2 Å². The van der Waals surface area contributed by atoms with E-state index in [0.717, 1.165) is 11.8 Å². The van der Waals surface area contributed by atoms with Gasteiger partial charge in [0.15, 0.2) is 5.17 Å². The summed E-state index contributed by atoms with van der Waals surface area (Å²) in [5.41, 5.74) is 0. The summed E-state index contributed by atoms with van der Waals surface area (Å²) in [6.07, 6.45) is 2.53. The molecule has 0 spiro atoms. The van der Waals surface area contributed by atoms with Gasteiger partial charge in [0.05, 0.1) is 17.7 Å². The molecular weight excluding hydrogens is 258 g/mol. The number of amidine groups is 1. The van der Waals surface area contributed by atoms with Crippen molar-refractivity contribution in [1.29, 1.82) is 0 Å². The second-order valence-electron chi connectivity index (χ2n) is 3.34. The van der Waals surface area contributed by atoms with Gasteiger partial charge in [0.25, 0.3) is 0 Å². The van der Waals surface area contributed by atoms with E-state index in [1.54, 1.807) is 12.1 Å². The van der Waals surface area contributed by atoms with Gasteiger partial charge in [-0.15, -0.1) is 5.10 Å². The number of furan rings is 1. The Morgan fingerprint density at radius 2 is 2.50 bits per heavy atom. The number of thioether (sulfide) groups is 1. The minimum atomic E-state index is -1.28. The van der Waals surface area contributed by atoms with Crippen LogP contribution in [0.3, 0.4) is 0 Å². The van der Waals surface area contributed by atoms with Crippen molar-refractivity contribution in [3.8, 4) is 0 Å². The highest BCUT2D eigenvalue weighted by Crippen LogP contribution is 2.21. The SMILES string of the molecule is O=C([O-])C[C@H]1S/C(=N\N=C/c2ccco2)NC1=O. The zero-order valence-corrected chi connectivity index (χ0v) is 9.85. The highest BCUT2D eigenvalue weighted by Gasteiger charge is 2.30. The summed E-state index contributed by atoms with van der Waals surface area (Å²) in [6, 6.07) is 3.40. The molecule has 1 N–H and O–H groups in total. The fraction of sp³-hybridized carbons (Fsp3) is 0.200. The molecule has 94 valence electrons. The molecule has 0 aliphatic carbocycles. The van der Waals surface area contributed by atoms with Crippen LogP contribution in [0.4, 0.5) is 0 Å². The molecule has 18 heavy (non-hydrogen) atoms. The summed E-state index contributed by atoms with van der Waals surface area (Å²) in [5.74, 6) is -1.15. The van der Waals surface area contributed by atoms with E-state index in [2.05, 4.69) is 15.5 Å². The lowest BCUT2D eigenvalue weighted by atomic mass is 10.3. The Morgan fingerprint density at radius 3 is 3.17 bits per heavy atom. The standard InChI is InChI=1S/C10H9N3O4S/c14-8(15)4-7-9(16)12-10(18-7)13-11-5-6-2-1-3-17-6/h1-3,5,7H,4H2,(H,14,15)(H,12,13,16)/p-1/b11-5-/t7-/m1/s1. The molecule has 0 aromatic carbocycles. The third kappa shape index (κ3) is 3.20. The molecule has 1 aliphatic heterocycles. The summed E-state index contributed by atoms with van der Waals surface area (Å²) in [4.78, 5) is 21.7. The summed E-state index contributed by atoms with van der Waals surface area (Å²) in [5, 5.41) is 19.8. The van der Waals surface area contributed by atoms with Crippen LogP contribution in [0.25, 0.3) is 0 Å². The number of carboxylic acid groups (broad SMARTS) is 1. The van der Waals surface area contributed by atoms with E-state index >= 15 is 0 Å². The number of rotatable bonds is 4. The molecule has 1 atom stereocenters. The van der Waals surface area contributed by atoms with Gasteiger partial charge in [-0.3, -0.25) is 4.79 Å². The van der Waals surface area contributed by atoms with Crippen LogP contribution in [0, 0.1) is 0 Å². The molecule has 0 unspecified atom stereocenters. The first-order valence-corrected chi connectivity index (χ1v) is 5.85. The van der Waals surface area contributed by atoms with Gasteiger partial charge in [-0.2, -0.15) is 5.10 Å². The molecular formula is C10H8N3O4S-. The Balaban J connectivity index is 1.95. The average Bonchev–Trinajstić information content (AvgIpc) is 2.90. The topological polar surface area (TPSA) is 107 Å². The van der Waals surface area contributed by atoms with Crippen LogP contribution in [-0.4, -0.2) is 28.5 Å². The highest BCUT2D eigenvalue weighted by atomic mass is 32.2. The number of amides is 1. The fourth-order valence-electron chi connectivity index (χ4n) is 1.24. The van der Waals surface area contributed by atoms with Gasteiger partial charge in [-0.1, -0.05) is 11.8 Å². The van der Waals surface area contributed by atoms with Crippen LogP contribution in [-0.2, 0) is 9.59 Å². The first kappa shape index (κ1) is 12.4. The van der Waals surface area contributed by atoms with E-state index in [1.165, 1.54) is 12.5 Å². The number of nitrogens with zero attached hydrogens (tertiary/aromatic N) is 2. The van der Waals surface area contributed by atoms with Crippen molar-refractivity contribution in [2.75, 3.05) is 0 Å².